The van der Waals surface area contributed by atoms with Crippen molar-refractivity contribution in [1.29, 1.82) is 0 Å². The Bertz CT molecular complexity index is 671. The highest BCUT2D eigenvalue weighted by molar-refractivity contribution is 7.98. The van der Waals surface area contributed by atoms with Crippen LogP contribution >= 0.6 is 23.4 Å². The molecule has 0 aromatic heterocycles. The summed E-state index contributed by atoms with van der Waals surface area (Å²) < 4.78 is 23.1. The minimum atomic E-state index is -3.14. The average molecular weight is 362 g/mol. The Kier molecular flexibility index (Phi) is 5.45. The zero-order chi connectivity index (χ0) is 16.5. The first-order chi connectivity index (χ1) is 10.2. The third-order valence-corrected chi connectivity index (χ3v) is 5.74. The summed E-state index contributed by atoms with van der Waals surface area (Å²) in [5.74, 6) is -0.214. The Morgan fingerprint density at radius 3 is 2.59 bits per heavy atom. The Morgan fingerprint density at radius 1 is 1.45 bits per heavy atom. The molecular formula is C15H20ClNO3S2. The lowest BCUT2D eigenvalue weighted by atomic mass is 10.1. The fourth-order valence-electron chi connectivity index (χ4n) is 2.53. The number of amides is 1. The van der Waals surface area contributed by atoms with Gasteiger partial charge >= 0.3 is 0 Å². The summed E-state index contributed by atoms with van der Waals surface area (Å²) in [5.41, 5.74) is 0.445. The molecule has 4 nitrogen and oxygen atoms in total. The monoisotopic (exact) mass is 361 g/mol. The topological polar surface area (TPSA) is 54.5 Å². The SMILES string of the molecule is CSc1ccc(Cl)c(C(=O)N(C2CC2)[C@@H](C)CS(C)(=O)=O)c1. The molecule has 0 radical (unpaired) electrons. The van der Waals surface area contributed by atoms with E-state index in [1.165, 1.54) is 18.0 Å². The summed E-state index contributed by atoms with van der Waals surface area (Å²) >= 11 is 7.72. The number of rotatable bonds is 6. The summed E-state index contributed by atoms with van der Waals surface area (Å²) in [5, 5.41) is 0.403. The minimum Gasteiger partial charge on any atom is -0.332 e. The number of halogens is 1. The summed E-state index contributed by atoms with van der Waals surface area (Å²) in [6, 6.07) is 5.12. The molecule has 2 rings (SSSR count). The van der Waals surface area contributed by atoms with E-state index in [1.54, 1.807) is 24.0 Å². The van der Waals surface area contributed by atoms with Crippen molar-refractivity contribution in [1.82, 2.24) is 4.90 Å². The summed E-state index contributed by atoms with van der Waals surface area (Å²) in [6.45, 7) is 1.78. The minimum absolute atomic E-state index is 0.0327. The highest BCUT2D eigenvalue weighted by atomic mass is 35.5. The third kappa shape index (κ3) is 4.40. The largest absolute Gasteiger partial charge is 0.332 e. The van der Waals surface area contributed by atoms with Crippen molar-refractivity contribution < 1.29 is 13.2 Å². The van der Waals surface area contributed by atoms with Crippen LogP contribution in [0.3, 0.4) is 0 Å². The molecule has 7 heteroatoms. The smallest absolute Gasteiger partial charge is 0.255 e. The standard InChI is InChI=1S/C15H20ClNO3S2/c1-10(9-22(3,19)20)17(11-4-5-11)15(18)13-8-12(21-2)6-7-14(13)16/h6-8,10-11H,4-5,9H2,1-3H3/t10-/m0/s1. The predicted molar refractivity (Wildman–Crippen MR) is 91.6 cm³/mol. The Morgan fingerprint density at radius 2 is 2.09 bits per heavy atom. The van der Waals surface area contributed by atoms with Gasteiger partial charge in [0.1, 0.15) is 9.84 Å². The fourth-order valence-corrected chi connectivity index (χ4v) is 4.21. The molecule has 1 aliphatic carbocycles. The van der Waals surface area contributed by atoms with Crippen molar-refractivity contribution >= 4 is 39.1 Å². The lowest BCUT2D eigenvalue weighted by Crippen LogP contribution is -2.43. The quantitative estimate of drug-likeness (QED) is 0.730. The summed E-state index contributed by atoms with van der Waals surface area (Å²) in [6.07, 6.45) is 4.96. The molecular weight excluding hydrogens is 342 g/mol. The van der Waals surface area contributed by atoms with Gasteiger partial charge in [0, 0.05) is 23.2 Å². The van der Waals surface area contributed by atoms with Gasteiger partial charge in [0.25, 0.3) is 5.91 Å². The van der Waals surface area contributed by atoms with Crippen molar-refractivity contribution in [2.45, 2.75) is 36.7 Å². The lowest BCUT2D eigenvalue weighted by molar-refractivity contribution is 0.0692. The number of hydrogen-bond acceptors (Lipinski definition) is 4. The zero-order valence-electron chi connectivity index (χ0n) is 12.9. The molecule has 22 heavy (non-hydrogen) atoms. The van der Waals surface area contributed by atoms with Crippen LogP contribution in [0.5, 0.6) is 0 Å². The first-order valence-electron chi connectivity index (χ1n) is 7.07. The maximum Gasteiger partial charge on any atom is 0.255 e. The first-order valence-corrected chi connectivity index (χ1v) is 10.7. The molecule has 0 N–H and O–H groups in total. The molecule has 122 valence electrons. The van der Waals surface area contributed by atoms with E-state index in [4.69, 9.17) is 11.6 Å². The van der Waals surface area contributed by atoms with E-state index in [1.807, 2.05) is 12.3 Å². The van der Waals surface area contributed by atoms with Gasteiger partial charge in [-0.05, 0) is 44.2 Å². The molecule has 0 aliphatic heterocycles. The van der Waals surface area contributed by atoms with Crippen molar-refractivity contribution in [3.05, 3.63) is 28.8 Å². The van der Waals surface area contributed by atoms with E-state index in [2.05, 4.69) is 0 Å². The van der Waals surface area contributed by atoms with Crippen molar-refractivity contribution in [3.8, 4) is 0 Å². The third-order valence-electron chi connectivity index (χ3n) is 3.60. The van der Waals surface area contributed by atoms with E-state index in [9.17, 15) is 13.2 Å². The molecule has 1 aromatic rings. The zero-order valence-corrected chi connectivity index (χ0v) is 15.3. The van der Waals surface area contributed by atoms with Crippen molar-refractivity contribution in [2.75, 3.05) is 18.3 Å². The normalized spacial score (nSPS) is 16.4. The van der Waals surface area contributed by atoms with Gasteiger partial charge in [-0.15, -0.1) is 11.8 Å². The van der Waals surface area contributed by atoms with Gasteiger partial charge in [-0.25, -0.2) is 8.42 Å². The van der Waals surface area contributed by atoms with Crippen molar-refractivity contribution in [2.24, 2.45) is 0 Å². The van der Waals surface area contributed by atoms with Gasteiger partial charge in [0.15, 0.2) is 0 Å². The van der Waals surface area contributed by atoms with Crippen LogP contribution in [0.25, 0.3) is 0 Å². The second-order valence-corrected chi connectivity index (χ2v) is 9.20. The summed E-state index contributed by atoms with van der Waals surface area (Å²) in [7, 11) is -3.14. The maximum absolute atomic E-state index is 12.9. The van der Waals surface area contributed by atoms with Gasteiger partial charge in [-0.2, -0.15) is 0 Å². The van der Waals surface area contributed by atoms with E-state index in [-0.39, 0.29) is 23.7 Å². The van der Waals surface area contributed by atoms with Gasteiger partial charge in [0.05, 0.1) is 16.3 Å². The summed E-state index contributed by atoms with van der Waals surface area (Å²) in [4.78, 5) is 15.5. The van der Waals surface area contributed by atoms with E-state index in [0.29, 0.717) is 10.6 Å². The molecule has 1 aromatic carbocycles. The van der Waals surface area contributed by atoms with Gasteiger partial charge in [0.2, 0.25) is 0 Å². The molecule has 0 saturated heterocycles. The first kappa shape index (κ1) is 17.6. The molecule has 0 bridgehead atoms. The van der Waals surface area contributed by atoms with Crippen LogP contribution in [0.1, 0.15) is 30.1 Å². The molecule has 0 heterocycles. The molecule has 0 unspecified atom stereocenters. The van der Waals surface area contributed by atoms with E-state index in [0.717, 1.165) is 17.7 Å². The van der Waals surface area contributed by atoms with Gasteiger partial charge in [-0.1, -0.05) is 11.6 Å². The van der Waals surface area contributed by atoms with Crippen LogP contribution in [-0.2, 0) is 9.84 Å². The highest BCUT2D eigenvalue weighted by Gasteiger charge is 2.37. The number of sulfone groups is 1. The number of carbonyl (C=O) groups is 1. The maximum atomic E-state index is 12.9. The lowest BCUT2D eigenvalue weighted by Gasteiger charge is -2.29. The van der Waals surface area contributed by atoms with Crippen LogP contribution < -0.4 is 0 Å². The second-order valence-electron chi connectivity index (χ2n) is 5.73. The van der Waals surface area contributed by atoms with Crippen LogP contribution in [0.2, 0.25) is 5.02 Å². The number of hydrogen-bond donors (Lipinski definition) is 0. The van der Waals surface area contributed by atoms with Crippen molar-refractivity contribution in [3.63, 3.8) is 0 Å². The molecule has 1 saturated carbocycles. The molecule has 1 aliphatic rings. The number of nitrogens with zero attached hydrogens (tertiary/aromatic N) is 1. The van der Waals surface area contributed by atoms with E-state index >= 15 is 0 Å². The van der Waals surface area contributed by atoms with Gasteiger partial charge in [-0.3, -0.25) is 4.79 Å². The van der Waals surface area contributed by atoms with Gasteiger partial charge < -0.3 is 4.90 Å². The Balaban J connectivity index is 2.31. The number of thioether (sulfide) groups is 1. The molecule has 1 fully saturated rings. The van der Waals surface area contributed by atoms with Crippen LogP contribution in [-0.4, -0.2) is 49.6 Å². The number of carbonyl (C=O) groups excluding carboxylic acids is 1. The van der Waals surface area contributed by atoms with E-state index < -0.39 is 9.84 Å². The Labute approximate surface area is 141 Å². The van der Waals surface area contributed by atoms with Crippen LogP contribution in [0, 0.1) is 0 Å². The average Bonchev–Trinajstić information content (AvgIpc) is 3.21. The molecule has 0 spiro atoms. The van der Waals surface area contributed by atoms with Crippen LogP contribution in [0.15, 0.2) is 23.1 Å². The predicted octanol–water partition coefficient (Wildman–Crippen LogP) is 3.10. The number of benzene rings is 1. The van der Waals surface area contributed by atoms with Crippen LogP contribution in [0.4, 0.5) is 0 Å². The molecule has 1 atom stereocenters. The molecule has 1 amide bonds. The second kappa shape index (κ2) is 6.81. The highest BCUT2D eigenvalue weighted by Crippen LogP contribution is 2.32. The Hall–Kier alpha value is -0.720. The fraction of sp³-hybridized carbons (Fsp3) is 0.533.